The van der Waals surface area contributed by atoms with Gasteiger partial charge in [-0.3, -0.25) is 14.5 Å². The second-order valence-corrected chi connectivity index (χ2v) is 19.0. The molecule has 17 heteroatoms. The van der Waals surface area contributed by atoms with Crippen molar-refractivity contribution in [3.8, 4) is 5.75 Å². The van der Waals surface area contributed by atoms with Crippen LogP contribution in [0.2, 0.25) is 0 Å². The highest BCUT2D eigenvalue weighted by atomic mass is 16.6. The van der Waals surface area contributed by atoms with Gasteiger partial charge in [-0.25, -0.2) is 14.4 Å². The predicted molar refractivity (Wildman–Crippen MR) is 240 cm³/mol. The molecule has 0 radical (unpaired) electrons. The third kappa shape index (κ3) is 7.24. The SMILES string of the molecule is CCC1(OC(=O)COCC(=O)O)C[C@H](C)CC(C(=O)OC)(c2cc3c(cc2OC)N(C)C2C34CCN3CC=CC(C34)C(OC(C)=O)[C@]2(O)C(=O)OC)c2[nH]c3ccccc3c2CCN(C)C1. The average molecular weight is 915 g/mol. The summed E-state index contributed by atoms with van der Waals surface area (Å²) in [4.78, 5) is 77.2. The molecular formula is C49H62N4O13. The van der Waals surface area contributed by atoms with Crippen molar-refractivity contribution < 1.29 is 62.6 Å². The van der Waals surface area contributed by atoms with Crippen LogP contribution in [-0.4, -0.2) is 159 Å². The molecule has 4 aliphatic heterocycles. The van der Waals surface area contributed by atoms with Crippen LogP contribution in [0.25, 0.3) is 10.9 Å². The number of benzene rings is 2. The Morgan fingerprint density at radius 2 is 1.70 bits per heavy atom. The van der Waals surface area contributed by atoms with Gasteiger partial charge >= 0.3 is 29.8 Å². The van der Waals surface area contributed by atoms with Gasteiger partial charge in [0.2, 0.25) is 5.60 Å². The number of methoxy groups -OCH3 is 3. The van der Waals surface area contributed by atoms with Gasteiger partial charge < -0.3 is 53.4 Å². The first-order chi connectivity index (χ1) is 31.5. The number of hydrogen-bond acceptors (Lipinski definition) is 15. The minimum atomic E-state index is -2.33. The number of aliphatic hydroxyl groups is 1. The Morgan fingerprint density at radius 1 is 0.955 bits per heavy atom. The molecule has 8 rings (SSSR count). The molecule has 2 aromatic carbocycles. The molecule has 3 aromatic rings. The lowest BCUT2D eigenvalue weighted by atomic mass is 9.54. The van der Waals surface area contributed by atoms with Gasteiger partial charge in [0.05, 0.1) is 27.4 Å². The lowest BCUT2D eigenvalue weighted by Crippen LogP contribution is -2.78. The maximum Gasteiger partial charge on any atom is 0.344 e. The number of carboxylic acids is 1. The van der Waals surface area contributed by atoms with E-state index in [0.29, 0.717) is 74.6 Å². The summed E-state index contributed by atoms with van der Waals surface area (Å²) in [5, 5.41) is 23.2. The number of ether oxygens (including phenoxy) is 6. The van der Waals surface area contributed by atoms with E-state index in [1.165, 1.54) is 21.1 Å². The first kappa shape index (κ1) is 47.0. The Morgan fingerprint density at radius 3 is 2.38 bits per heavy atom. The summed E-state index contributed by atoms with van der Waals surface area (Å²) in [7, 11) is 7.90. The van der Waals surface area contributed by atoms with Crippen LogP contribution in [-0.2, 0) is 64.9 Å². The topological polar surface area (TPSA) is 207 Å². The number of rotatable bonds is 11. The zero-order valence-electron chi connectivity index (χ0n) is 39.0. The van der Waals surface area contributed by atoms with Crippen LogP contribution in [0, 0.1) is 11.8 Å². The number of aromatic amines is 1. The number of esters is 4. The van der Waals surface area contributed by atoms with Crippen molar-refractivity contribution in [3.05, 3.63) is 70.9 Å². The number of hydrogen-bond donors (Lipinski definition) is 3. The van der Waals surface area contributed by atoms with Crippen molar-refractivity contribution in [2.45, 2.75) is 93.1 Å². The van der Waals surface area contributed by atoms with Gasteiger partial charge in [-0.15, -0.1) is 0 Å². The zero-order chi connectivity index (χ0) is 47.5. The molecule has 1 saturated heterocycles. The standard InChI is InChI=1S/C49H62N4O13/c1-9-46(66-39(57)26-64-25-38(55)56)23-28(2)24-48(44(58)62-7,40-31(16-19-51(4)27-46)30-13-10-11-15-35(30)50-40)34-21-33-36(22-37(34)61-6)52(5)43-47(33)17-20-53-18-12-14-32(41(47)53)42(65-29(3)54)49(43,60)45(59)63-8/h10-15,21-22,28,32,41-43,50,60H,9,16-20,23-27H2,1-8H3,(H,55,56)/t28-,32?,41?,42?,43?,46?,47?,48?,49+/m0/s1. The molecule has 17 nitrogen and oxygen atoms in total. The fourth-order valence-electron chi connectivity index (χ4n) is 13.0. The van der Waals surface area contributed by atoms with Gasteiger partial charge in [0, 0.05) is 84.9 Å². The number of H-pyrrole nitrogens is 1. The van der Waals surface area contributed by atoms with Crippen LogP contribution in [0.1, 0.15) is 68.8 Å². The van der Waals surface area contributed by atoms with Crippen molar-refractivity contribution in [2.24, 2.45) is 11.8 Å². The van der Waals surface area contributed by atoms with Gasteiger partial charge in [0.25, 0.3) is 0 Å². The molecule has 2 fully saturated rings. The van der Waals surface area contributed by atoms with Gasteiger partial charge in [0.15, 0.2) is 6.10 Å². The third-order valence-electron chi connectivity index (χ3n) is 15.2. The highest BCUT2D eigenvalue weighted by Gasteiger charge is 2.77. The van der Waals surface area contributed by atoms with Crippen LogP contribution in [0.3, 0.4) is 0 Å². The molecular weight excluding hydrogens is 853 g/mol. The zero-order valence-corrected chi connectivity index (χ0v) is 39.0. The minimum Gasteiger partial charge on any atom is -0.496 e. The van der Waals surface area contributed by atoms with E-state index < -0.39 is 83.2 Å². The first-order valence-electron chi connectivity index (χ1n) is 22.7. The Balaban J connectivity index is 1.38. The van der Waals surface area contributed by atoms with Crippen LogP contribution < -0.4 is 9.64 Å². The van der Waals surface area contributed by atoms with Crippen molar-refractivity contribution in [2.75, 3.05) is 79.7 Å². The molecule has 7 unspecified atom stereocenters. The Labute approximate surface area is 384 Å². The maximum atomic E-state index is 15.5. The van der Waals surface area contributed by atoms with E-state index in [1.807, 2.05) is 81.4 Å². The summed E-state index contributed by atoms with van der Waals surface area (Å²) >= 11 is 0. The fourth-order valence-corrected chi connectivity index (χ4v) is 13.0. The second kappa shape index (κ2) is 17.6. The highest BCUT2D eigenvalue weighted by molar-refractivity contribution is 5.95. The van der Waals surface area contributed by atoms with Crippen LogP contribution in [0.4, 0.5) is 5.69 Å². The van der Waals surface area contributed by atoms with E-state index in [0.717, 1.165) is 22.0 Å². The molecule has 5 aliphatic rings. The molecule has 66 heavy (non-hydrogen) atoms. The number of nitrogens with zero attached hydrogens (tertiary/aromatic N) is 3. The predicted octanol–water partition coefficient (Wildman–Crippen LogP) is 3.50. The van der Waals surface area contributed by atoms with Crippen LogP contribution in [0.5, 0.6) is 5.75 Å². The van der Waals surface area contributed by atoms with E-state index in [4.69, 9.17) is 33.5 Å². The molecule has 3 N–H and O–H groups in total. The Bertz CT molecular complexity index is 2450. The lowest BCUT2D eigenvalue weighted by molar-refractivity contribution is -0.211. The van der Waals surface area contributed by atoms with Crippen molar-refractivity contribution in [1.29, 1.82) is 0 Å². The number of carboxylic acid groups (broad SMARTS) is 1. The largest absolute Gasteiger partial charge is 0.496 e. The summed E-state index contributed by atoms with van der Waals surface area (Å²) in [5.74, 6) is -4.62. The number of likely N-dealkylation sites (N-methyl/N-ethyl adjacent to an activating group) is 2. The number of aromatic nitrogens is 1. The molecule has 9 atom stereocenters. The maximum absolute atomic E-state index is 15.5. The number of carbonyl (C=O) groups excluding carboxylic acids is 4. The van der Waals surface area contributed by atoms with E-state index >= 15 is 4.79 Å². The second-order valence-electron chi connectivity index (χ2n) is 19.0. The number of anilines is 1. The monoisotopic (exact) mass is 914 g/mol. The van der Waals surface area contributed by atoms with Gasteiger partial charge in [-0.05, 0) is 74.9 Å². The van der Waals surface area contributed by atoms with E-state index in [9.17, 15) is 24.3 Å². The van der Waals surface area contributed by atoms with Crippen molar-refractivity contribution in [3.63, 3.8) is 0 Å². The first-order valence-corrected chi connectivity index (χ1v) is 22.7. The lowest BCUT2D eigenvalue weighted by Gasteiger charge is -2.58. The molecule has 1 aromatic heterocycles. The smallest absolute Gasteiger partial charge is 0.344 e. The Hall–Kier alpha value is -5.49. The molecule has 356 valence electrons. The van der Waals surface area contributed by atoms with E-state index in [2.05, 4.69) is 14.8 Å². The van der Waals surface area contributed by atoms with Crippen molar-refractivity contribution in [1.82, 2.24) is 14.8 Å². The van der Waals surface area contributed by atoms with Gasteiger partial charge in [-0.2, -0.15) is 0 Å². The van der Waals surface area contributed by atoms with E-state index in [1.54, 1.807) is 7.11 Å². The molecule has 0 amide bonds. The molecule has 5 heterocycles. The number of fused-ring (bicyclic) bond motifs is 4. The van der Waals surface area contributed by atoms with Crippen LogP contribution >= 0.6 is 0 Å². The summed E-state index contributed by atoms with van der Waals surface area (Å²) in [6, 6.07) is 10.5. The number of nitrogens with one attached hydrogen (secondary N) is 1. The van der Waals surface area contributed by atoms with Crippen LogP contribution in [0.15, 0.2) is 48.6 Å². The molecule has 0 bridgehead atoms. The molecule has 1 aliphatic carbocycles. The Kier molecular flexibility index (Phi) is 12.6. The summed E-state index contributed by atoms with van der Waals surface area (Å²) in [6.07, 6.45) is 4.51. The summed E-state index contributed by atoms with van der Waals surface area (Å²) in [6.45, 7) is 6.10. The third-order valence-corrected chi connectivity index (χ3v) is 15.2. The number of carbonyl (C=O) groups is 5. The highest BCUT2D eigenvalue weighted by Crippen LogP contribution is 2.64. The van der Waals surface area contributed by atoms with Gasteiger partial charge in [-0.1, -0.05) is 44.2 Å². The quantitative estimate of drug-likeness (QED) is 0.143. The average Bonchev–Trinajstić information content (AvgIpc) is 3.94. The minimum absolute atomic E-state index is 0.154. The number of aliphatic carboxylic acids is 1. The van der Waals surface area contributed by atoms with Crippen molar-refractivity contribution >= 4 is 46.4 Å². The molecule has 1 saturated carbocycles. The fraction of sp³-hybridized carbons (Fsp3) is 0.571. The molecule has 1 spiro atoms. The normalized spacial score (nSPS) is 31.7. The van der Waals surface area contributed by atoms with Gasteiger partial charge in [0.1, 0.15) is 30.0 Å². The number of para-hydroxylation sites is 1. The van der Waals surface area contributed by atoms with E-state index in [-0.39, 0.29) is 18.4 Å². The summed E-state index contributed by atoms with van der Waals surface area (Å²) < 4.78 is 35.1. The summed E-state index contributed by atoms with van der Waals surface area (Å²) in [5.41, 5.74) is -1.61.